The summed E-state index contributed by atoms with van der Waals surface area (Å²) in [5.74, 6) is -0.249. The Morgan fingerprint density at radius 2 is 1.97 bits per heavy atom. The molecule has 1 saturated carbocycles. The highest BCUT2D eigenvalue weighted by molar-refractivity contribution is 8.26. The van der Waals surface area contributed by atoms with Gasteiger partial charge >= 0.3 is 5.97 Å². The van der Waals surface area contributed by atoms with E-state index in [1.807, 2.05) is 39.8 Å². The minimum absolute atomic E-state index is 0.0401. The number of benzene rings is 1. The van der Waals surface area contributed by atoms with Crippen molar-refractivity contribution in [1.29, 1.82) is 0 Å². The van der Waals surface area contributed by atoms with E-state index in [0.717, 1.165) is 12.0 Å². The fourth-order valence-corrected chi connectivity index (χ4v) is 5.31. The fraction of sp³-hybridized carbons (Fsp3) is 0.409. The van der Waals surface area contributed by atoms with Crippen LogP contribution in [0.25, 0.3) is 6.08 Å². The Balaban J connectivity index is 1.67. The summed E-state index contributed by atoms with van der Waals surface area (Å²) in [6.45, 7) is 7.98. The maximum absolute atomic E-state index is 12.6. The first-order chi connectivity index (χ1) is 14.1. The van der Waals surface area contributed by atoms with Gasteiger partial charge in [-0.25, -0.2) is 0 Å². The number of hydrogen-bond donors (Lipinski definition) is 0. The van der Waals surface area contributed by atoms with Gasteiger partial charge in [0.05, 0.1) is 10.8 Å². The third-order valence-electron chi connectivity index (χ3n) is 5.72. The molecule has 0 N–H and O–H groups in total. The third kappa shape index (κ3) is 4.77. The number of nitrogens with zero attached hydrogens (tertiary/aromatic N) is 1. The molecule has 0 bridgehead atoms. The second-order valence-electron chi connectivity index (χ2n) is 8.08. The van der Waals surface area contributed by atoms with Crippen LogP contribution in [0.1, 0.15) is 39.7 Å². The molecule has 0 spiro atoms. The molecular weight excluding hydrogens is 461 g/mol. The first kappa shape index (κ1) is 23.3. The van der Waals surface area contributed by atoms with Crippen LogP contribution in [-0.2, 0) is 9.59 Å². The van der Waals surface area contributed by atoms with E-state index in [0.29, 0.717) is 15.0 Å². The van der Waals surface area contributed by atoms with Crippen LogP contribution in [-0.4, -0.2) is 27.1 Å². The van der Waals surface area contributed by atoms with Crippen LogP contribution in [0.4, 0.5) is 0 Å². The first-order valence-corrected chi connectivity index (χ1v) is 11.7. The second-order valence-corrected chi connectivity index (χ2v) is 10.8. The van der Waals surface area contributed by atoms with Crippen LogP contribution >= 0.6 is 47.2 Å². The molecule has 8 heteroatoms. The molecule has 2 aliphatic rings. The van der Waals surface area contributed by atoms with Crippen molar-refractivity contribution in [2.75, 3.05) is 0 Å². The van der Waals surface area contributed by atoms with E-state index in [4.69, 9.17) is 40.2 Å². The number of rotatable bonds is 6. The van der Waals surface area contributed by atoms with Gasteiger partial charge in [0.2, 0.25) is 0 Å². The van der Waals surface area contributed by atoms with Crippen molar-refractivity contribution < 1.29 is 14.3 Å². The molecule has 3 atom stereocenters. The Morgan fingerprint density at radius 3 is 2.53 bits per heavy atom. The van der Waals surface area contributed by atoms with Gasteiger partial charge in [0.25, 0.3) is 5.91 Å². The maximum Gasteiger partial charge on any atom is 0.315 e. The number of amides is 1. The summed E-state index contributed by atoms with van der Waals surface area (Å²) in [4.78, 5) is 27.4. The molecule has 160 valence electrons. The van der Waals surface area contributed by atoms with Gasteiger partial charge in [-0.3, -0.25) is 14.5 Å². The normalized spacial score (nSPS) is 24.7. The molecular formula is C22H23Cl2NO3S2. The molecule has 1 aliphatic carbocycles. The quantitative estimate of drug-likeness (QED) is 0.209. The number of allylic oxidation sites excluding steroid dienone is 1. The fourth-order valence-electron chi connectivity index (χ4n) is 3.58. The van der Waals surface area contributed by atoms with Crippen LogP contribution in [0, 0.1) is 17.3 Å². The molecule has 30 heavy (non-hydrogen) atoms. The van der Waals surface area contributed by atoms with Crippen molar-refractivity contribution in [3.8, 4) is 5.75 Å². The van der Waals surface area contributed by atoms with Crippen LogP contribution < -0.4 is 4.74 Å². The number of hydrogen-bond acceptors (Lipinski definition) is 5. The van der Waals surface area contributed by atoms with E-state index in [2.05, 4.69) is 0 Å². The number of thioether (sulfide) groups is 1. The summed E-state index contributed by atoms with van der Waals surface area (Å²) in [5, 5.41) is 0. The Morgan fingerprint density at radius 1 is 1.33 bits per heavy atom. The van der Waals surface area contributed by atoms with Crippen molar-refractivity contribution in [2.45, 2.75) is 40.2 Å². The summed E-state index contributed by atoms with van der Waals surface area (Å²) in [6.07, 6.45) is 4.33. The molecule has 0 unspecified atom stereocenters. The van der Waals surface area contributed by atoms with Crippen LogP contribution in [0.15, 0.2) is 39.7 Å². The van der Waals surface area contributed by atoms with Gasteiger partial charge in [0, 0.05) is 6.04 Å². The monoisotopic (exact) mass is 483 g/mol. The standard InChI is InChI=1S/C22H23Cl2NO3S2/c1-5-12(2)25-19(26)16(30-21(25)29)10-13-6-8-14(9-7-13)28-20(27)18-15(11-17(23)24)22(18,3)4/h6-12,15,18H,5H2,1-4H3/b16-10+/t12-,15-,18+/m1/s1. The highest BCUT2D eigenvalue weighted by atomic mass is 35.5. The predicted octanol–water partition coefficient (Wildman–Crippen LogP) is 6.18. The van der Waals surface area contributed by atoms with Crippen molar-refractivity contribution in [2.24, 2.45) is 17.3 Å². The minimum atomic E-state index is -0.307. The van der Waals surface area contributed by atoms with Crippen molar-refractivity contribution in [3.05, 3.63) is 45.3 Å². The summed E-state index contributed by atoms with van der Waals surface area (Å²) in [6, 6.07) is 7.12. The molecule has 1 saturated heterocycles. The molecule has 2 fully saturated rings. The van der Waals surface area contributed by atoms with Crippen molar-refractivity contribution in [3.63, 3.8) is 0 Å². The van der Waals surface area contributed by atoms with E-state index in [9.17, 15) is 9.59 Å². The zero-order chi connectivity index (χ0) is 22.2. The molecule has 4 nitrogen and oxygen atoms in total. The topological polar surface area (TPSA) is 46.6 Å². The van der Waals surface area contributed by atoms with Gasteiger partial charge in [-0.1, -0.05) is 80.1 Å². The molecule has 1 aromatic rings. The van der Waals surface area contributed by atoms with Gasteiger partial charge in [0.1, 0.15) is 14.6 Å². The Bertz CT molecular complexity index is 936. The van der Waals surface area contributed by atoms with E-state index >= 15 is 0 Å². The third-order valence-corrected chi connectivity index (χ3v) is 7.30. The van der Waals surface area contributed by atoms with Gasteiger partial charge in [0.15, 0.2) is 0 Å². The van der Waals surface area contributed by atoms with Gasteiger partial charge in [-0.2, -0.15) is 0 Å². The van der Waals surface area contributed by atoms with E-state index in [1.165, 1.54) is 11.8 Å². The lowest BCUT2D eigenvalue weighted by Crippen LogP contribution is -2.36. The lowest BCUT2D eigenvalue weighted by atomic mass is 10.1. The van der Waals surface area contributed by atoms with Crippen molar-refractivity contribution >= 4 is 69.5 Å². The maximum atomic E-state index is 12.6. The zero-order valence-electron chi connectivity index (χ0n) is 17.1. The average molecular weight is 484 g/mol. The van der Waals surface area contributed by atoms with E-state index < -0.39 is 0 Å². The highest BCUT2D eigenvalue weighted by Crippen LogP contribution is 2.60. The smallest absolute Gasteiger partial charge is 0.315 e. The summed E-state index contributed by atoms with van der Waals surface area (Å²) < 4.78 is 6.28. The van der Waals surface area contributed by atoms with Crippen LogP contribution in [0.3, 0.4) is 0 Å². The zero-order valence-corrected chi connectivity index (χ0v) is 20.3. The number of carbonyl (C=O) groups excluding carboxylic acids is 2. The Hall–Kier alpha value is -1.34. The SMILES string of the molecule is CC[C@@H](C)N1C(=O)/C(=C\c2ccc(OC(=O)[C@@H]3[C@@H](C=C(Cl)Cl)C3(C)C)cc2)SC1=S. The van der Waals surface area contributed by atoms with Crippen LogP contribution in [0.2, 0.25) is 0 Å². The molecule has 3 rings (SSSR count). The molecule has 1 aliphatic heterocycles. The molecule has 1 heterocycles. The Kier molecular flexibility index (Phi) is 7.02. The van der Waals surface area contributed by atoms with Gasteiger partial charge < -0.3 is 4.74 Å². The predicted molar refractivity (Wildman–Crippen MR) is 127 cm³/mol. The highest BCUT2D eigenvalue weighted by Gasteiger charge is 2.61. The van der Waals surface area contributed by atoms with Gasteiger partial charge in [-0.15, -0.1) is 0 Å². The number of thiocarbonyl (C=S) groups is 1. The summed E-state index contributed by atoms with van der Waals surface area (Å²) in [5.41, 5.74) is 0.595. The molecule has 1 amide bonds. The van der Waals surface area contributed by atoms with E-state index in [1.54, 1.807) is 29.2 Å². The van der Waals surface area contributed by atoms with Gasteiger partial charge in [-0.05, 0) is 54.5 Å². The average Bonchev–Trinajstić information content (AvgIpc) is 3.08. The Labute approximate surface area is 196 Å². The van der Waals surface area contributed by atoms with Crippen molar-refractivity contribution in [1.82, 2.24) is 4.90 Å². The molecule has 0 aromatic heterocycles. The second kappa shape index (κ2) is 9.03. The summed E-state index contributed by atoms with van der Waals surface area (Å²) in [7, 11) is 0. The lowest BCUT2D eigenvalue weighted by Gasteiger charge is -2.21. The molecule has 0 radical (unpaired) electrons. The number of esters is 1. The lowest BCUT2D eigenvalue weighted by molar-refractivity contribution is -0.136. The minimum Gasteiger partial charge on any atom is -0.426 e. The summed E-state index contributed by atoms with van der Waals surface area (Å²) >= 11 is 18.2. The van der Waals surface area contributed by atoms with Crippen LogP contribution in [0.5, 0.6) is 5.75 Å². The first-order valence-electron chi connectivity index (χ1n) is 9.68. The number of halogens is 2. The number of ether oxygens (including phenoxy) is 1. The number of carbonyl (C=O) groups is 2. The van der Waals surface area contributed by atoms with E-state index in [-0.39, 0.29) is 39.7 Å². The molecule has 1 aromatic carbocycles. The largest absolute Gasteiger partial charge is 0.426 e.